The van der Waals surface area contributed by atoms with Gasteiger partial charge in [-0.3, -0.25) is 10.1 Å². The standard InChI is InChI=1S/C21H16ClIN2O4/c22-19-7-2-1-5-17(19)14-28-21-9-8-15(11-20(21)23)12-24-29-13-16-4-3-6-18(10-16)25(26)27/h1-12H,13-14H2/b24-12-. The molecule has 6 nitrogen and oxygen atoms in total. The highest BCUT2D eigenvalue weighted by atomic mass is 127. The molecule has 0 radical (unpaired) electrons. The van der Waals surface area contributed by atoms with Crippen LogP contribution in [0.2, 0.25) is 5.02 Å². The zero-order chi connectivity index (χ0) is 20.6. The predicted molar refractivity (Wildman–Crippen MR) is 120 cm³/mol. The molecule has 0 spiro atoms. The molecule has 0 atom stereocenters. The SMILES string of the molecule is O=[N+]([O-])c1cccc(CO/N=C\c2ccc(OCc3ccccc3Cl)c(I)c2)c1. The van der Waals surface area contributed by atoms with Gasteiger partial charge in [-0.1, -0.05) is 47.1 Å². The molecule has 3 aromatic rings. The Morgan fingerprint density at radius 3 is 2.66 bits per heavy atom. The number of nitro benzene ring substituents is 1. The van der Waals surface area contributed by atoms with Crippen LogP contribution in [-0.4, -0.2) is 11.1 Å². The fourth-order valence-corrected chi connectivity index (χ4v) is 3.34. The molecule has 0 fully saturated rings. The molecule has 0 amide bonds. The second-order valence-electron chi connectivity index (χ2n) is 6.00. The van der Waals surface area contributed by atoms with E-state index < -0.39 is 4.92 Å². The number of nitro groups is 1. The van der Waals surface area contributed by atoms with Crippen LogP contribution in [0.3, 0.4) is 0 Å². The van der Waals surface area contributed by atoms with Crippen LogP contribution in [0.5, 0.6) is 5.75 Å². The molecule has 0 aliphatic rings. The summed E-state index contributed by atoms with van der Waals surface area (Å²) in [6.45, 7) is 0.531. The van der Waals surface area contributed by atoms with Crippen LogP contribution in [0, 0.1) is 13.7 Å². The van der Waals surface area contributed by atoms with Gasteiger partial charge < -0.3 is 9.57 Å². The lowest BCUT2D eigenvalue weighted by atomic mass is 10.2. The number of rotatable bonds is 8. The van der Waals surface area contributed by atoms with Crippen molar-refractivity contribution in [3.63, 3.8) is 0 Å². The minimum Gasteiger partial charge on any atom is -0.488 e. The van der Waals surface area contributed by atoms with Gasteiger partial charge >= 0.3 is 0 Å². The third-order valence-electron chi connectivity index (χ3n) is 3.93. The number of non-ortho nitro benzene ring substituents is 1. The van der Waals surface area contributed by atoms with Crippen molar-refractivity contribution >= 4 is 46.1 Å². The Hall–Kier alpha value is -2.65. The Kier molecular flexibility index (Phi) is 7.42. The Balaban J connectivity index is 1.55. The summed E-state index contributed by atoms with van der Waals surface area (Å²) in [5.41, 5.74) is 2.47. The average molecular weight is 523 g/mol. The van der Waals surface area contributed by atoms with Gasteiger partial charge in [0.15, 0.2) is 0 Å². The zero-order valence-corrected chi connectivity index (χ0v) is 18.0. The third kappa shape index (κ3) is 6.16. The maximum Gasteiger partial charge on any atom is 0.269 e. The Morgan fingerprint density at radius 2 is 1.90 bits per heavy atom. The summed E-state index contributed by atoms with van der Waals surface area (Å²) in [5.74, 6) is 0.750. The van der Waals surface area contributed by atoms with E-state index in [1.54, 1.807) is 18.3 Å². The van der Waals surface area contributed by atoms with E-state index in [9.17, 15) is 10.1 Å². The molecule has 0 heterocycles. The van der Waals surface area contributed by atoms with E-state index in [-0.39, 0.29) is 12.3 Å². The summed E-state index contributed by atoms with van der Waals surface area (Å²) in [4.78, 5) is 15.6. The van der Waals surface area contributed by atoms with E-state index in [1.165, 1.54) is 12.1 Å². The molecule has 0 saturated heterocycles. The first kappa shape index (κ1) is 21.1. The second kappa shape index (κ2) is 10.2. The van der Waals surface area contributed by atoms with Gasteiger partial charge in [0.25, 0.3) is 5.69 Å². The van der Waals surface area contributed by atoms with E-state index in [0.29, 0.717) is 17.2 Å². The summed E-state index contributed by atoms with van der Waals surface area (Å²) in [7, 11) is 0. The molecule has 8 heteroatoms. The molecule has 0 N–H and O–H groups in total. The summed E-state index contributed by atoms with van der Waals surface area (Å²) in [6.07, 6.45) is 1.58. The van der Waals surface area contributed by atoms with Gasteiger partial charge in [-0.25, -0.2) is 0 Å². The van der Waals surface area contributed by atoms with Crippen LogP contribution in [0.1, 0.15) is 16.7 Å². The number of hydrogen-bond donors (Lipinski definition) is 0. The van der Waals surface area contributed by atoms with Crippen molar-refractivity contribution in [2.24, 2.45) is 5.16 Å². The Labute approximate surface area is 186 Å². The molecular weight excluding hydrogens is 507 g/mol. The first-order valence-corrected chi connectivity index (χ1v) is 10.0. The maximum atomic E-state index is 10.8. The van der Waals surface area contributed by atoms with Crippen molar-refractivity contribution in [1.82, 2.24) is 0 Å². The minimum atomic E-state index is -0.440. The van der Waals surface area contributed by atoms with Crippen molar-refractivity contribution in [2.75, 3.05) is 0 Å². The summed E-state index contributed by atoms with van der Waals surface area (Å²) in [5, 5.41) is 15.4. The highest BCUT2D eigenvalue weighted by Gasteiger charge is 2.06. The van der Waals surface area contributed by atoms with Gasteiger partial charge in [-0.2, -0.15) is 0 Å². The molecule has 0 bridgehead atoms. The molecule has 0 saturated carbocycles. The molecule has 0 aliphatic carbocycles. The van der Waals surface area contributed by atoms with E-state index >= 15 is 0 Å². The molecule has 29 heavy (non-hydrogen) atoms. The minimum absolute atomic E-state index is 0.0250. The largest absolute Gasteiger partial charge is 0.488 e. The first-order valence-electron chi connectivity index (χ1n) is 8.57. The monoisotopic (exact) mass is 522 g/mol. The number of oxime groups is 1. The summed E-state index contributed by atoms with van der Waals surface area (Å²) >= 11 is 8.34. The Morgan fingerprint density at radius 1 is 1.07 bits per heavy atom. The van der Waals surface area contributed by atoms with Crippen molar-refractivity contribution in [1.29, 1.82) is 0 Å². The predicted octanol–water partition coefficient (Wildman–Crippen LogP) is 5.98. The molecule has 3 aromatic carbocycles. The first-order chi connectivity index (χ1) is 14.0. The van der Waals surface area contributed by atoms with E-state index in [0.717, 1.165) is 20.4 Å². The quantitative estimate of drug-likeness (QED) is 0.158. The van der Waals surface area contributed by atoms with E-state index in [1.807, 2.05) is 42.5 Å². The van der Waals surface area contributed by atoms with Crippen molar-refractivity contribution in [2.45, 2.75) is 13.2 Å². The lowest BCUT2D eigenvalue weighted by Gasteiger charge is -2.10. The molecular formula is C21H16ClIN2O4. The van der Waals surface area contributed by atoms with Gasteiger partial charge in [0.2, 0.25) is 0 Å². The lowest BCUT2D eigenvalue weighted by Crippen LogP contribution is -1.98. The van der Waals surface area contributed by atoms with E-state index in [4.69, 9.17) is 21.2 Å². The van der Waals surface area contributed by atoms with Crippen molar-refractivity contribution < 1.29 is 14.5 Å². The molecule has 148 valence electrons. The zero-order valence-electron chi connectivity index (χ0n) is 15.1. The number of benzene rings is 3. The van der Waals surface area contributed by atoms with Crippen molar-refractivity contribution in [3.8, 4) is 5.75 Å². The van der Waals surface area contributed by atoms with Crippen LogP contribution in [0.25, 0.3) is 0 Å². The number of ether oxygens (including phenoxy) is 1. The van der Waals surface area contributed by atoms with Gasteiger partial charge in [0, 0.05) is 22.7 Å². The average Bonchev–Trinajstić information content (AvgIpc) is 2.72. The van der Waals surface area contributed by atoms with Crippen LogP contribution >= 0.6 is 34.2 Å². The van der Waals surface area contributed by atoms with E-state index in [2.05, 4.69) is 27.7 Å². The lowest BCUT2D eigenvalue weighted by molar-refractivity contribution is -0.384. The molecule has 3 rings (SSSR count). The molecule has 0 unspecified atom stereocenters. The molecule has 0 aromatic heterocycles. The fourth-order valence-electron chi connectivity index (χ4n) is 2.46. The van der Waals surface area contributed by atoms with Crippen molar-refractivity contribution in [3.05, 3.63) is 102 Å². The number of nitrogens with zero attached hydrogens (tertiary/aromatic N) is 2. The van der Waals surface area contributed by atoms with Crippen LogP contribution < -0.4 is 4.74 Å². The highest BCUT2D eigenvalue weighted by Crippen LogP contribution is 2.24. The second-order valence-corrected chi connectivity index (χ2v) is 7.57. The van der Waals surface area contributed by atoms with Gasteiger partial charge in [-0.05, 0) is 58.0 Å². The normalized spacial score (nSPS) is 10.8. The van der Waals surface area contributed by atoms with Gasteiger partial charge in [0.1, 0.15) is 19.0 Å². The van der Waals surface area contributed by atoms with Gasteiger partial charge in [-0.15, -0.1) is 0 Å². The van der Waals surface area contributed by atoms with Crippen LogP contribution in [0.15, 0.2) is 71.9 Å². The number of hydrogen-bond acceptors (Lipinski definition) is 5. The Bertz CT molecular complexity index is 1040. The highest BCUT2D eigenvalue weighted by molar-refractivity contribution is 14.1. The smallest absolute Gasteiger partial charge is 0.269 e. The third-order valence-corrected chi connectivity index (χ3v) is 5.14. The number of halogens is 2. The van der Waals surface area contributed by atoms with Crippen LogP contribution in [0.4, 0.5) is 5.69 Å². The fraction of sp³-hybridized carbons (Fsp3) is 0.0952. The molecule has 0 aliphatic heterocycles. The van der Waals surface area contributed by atoms with Crippen LogP contribution in [-0.2, 0) is 18.1 Å². The summed E-state index contributed by atoms with van der Waals surface area (Å²) < 4.78 is 6.78. The topological polar surface area (TPSA) is 74.0 Å². The summed E-state index contributed by atoms with van der Waals surface area (Å²) in [6, 6.07) is 19.5. The van der Waals surface area contributed by atoms with Gasteiger partial charge in [0.05, 0.1) is 14.7 Å². The maximum absolute atomic E-state index is 10.8.